The summed E-state index contributed by atoms with van der Waals surface area (Å²) < 4.78 is 31.1. The van der Waals surface area contributed by atoms with Crippen molar-refractivity contribution in [3.05, 3.63) is 66.1 Å². The Kier molecular flexibility index (Phi) is 6.21. The average Bonchev–Trinajstić information content (AvgIpc) is 3.16. The van der Waals surface area contributed by atoms with Crippen LogP contribution in [0.15, 0.2) is 59.1 Å². The molecule has 30 heavy (non-hydrogen) atoms. The number of carbonyl (C=O) groups is 1. The van der Waals surface area contributed by atoms with Gasteiger partial charge >= 0.3 is 0 Å². The highest BCUT2D eigenvalue weighted by atomic mass is 32.2. The average molecular weight is 429 g/mol. The summed E-state index contributed by atoms with van der Waals surface area (Å²) >= 11 is 0. The third-order valence-electron chi connectivity index (χ3n) is 4.60. The minimum Gasteiger partial charge on any atom is -0.337 e. The molecule has 3 rings (SSSR count). The maximum absolute atomic E-state index is 13.0. The Morgan fingerprint density at radius 1 is 1.10 bits per heavy atom. The molecule has 158 valence electrons. The van der Waals surface area contributed by atoms with Crippen molar-refractivity contribution in [1.82, 2.24) is 15.0 Å². The number of benzene rings is 2. The molecule has 1 atom stereocenters. The molecule has 1 amide bonds. The van der Waals surface area contributed by atoms with Crippen LogP contribution < -0.4 is 4.31 Å². The molecule has 0 aliphatic carbocycles. The Balaban J connectivity index is 1.75. The molecule has 0 saturated carbocycles. The Bertz CT molecular complexity index is 1110. The Labute approximate surface area is 176 Å². The zero-order valence-corrected chi connectivity index (χ0v) is 18.1. The highest BCUT2D eigenvalue weighted by molar-refractivity contribution is 7.92. The molecule has 0 bridgehead atoms. The molecule has 0 radical (unpaired) electrons. The molecule has 1 aromatic heterocycles. The van der Waals surface area contributed by atoms with Gasteiger partial charge in [0.1, 0.15) is 6.04 Å². The summed E-state index contributed by atoms with van der Waals surface area (Å²) in [4.78, 5) is 18.7. The van der Waals surface area contributed by atoms with E-state index in [4.69, 9.17) is 4.52 Å². The van der Waals surface area contributed by atoms with Crippen molar-refractivity contribution in [3.8, 4) is 11.4 Å². The SMILES string of the molecule is Cc1ccc(-c2noc(CN(C)C(=O)[C@H](C)N(c3ccccc3)S(C)(=O)=O)n2)cc1. The van der Waals surface area contributed by atoms with Crippen molar-refractivity contribution in [1.29, 1.82) is 0 Å². The molecule has 0 saturated heterocycles. The predicted octanol–water partition coefficient (Wildman–Crippen LogP) is 2.86. The van der Waals surface area contributed by atoms with Crippen molar-refractivity contribution in [3.63, 3.8) is 0 Å². The third-order valence-corrected chi connectivity index (χ3v) is 5.85. The fourth-order valence-electron chi connectivity index (χ4n) is 3.12. The van der Waals surface area contributed by atoms with Crippen LogP contribution in [0.5, 0.6) is 0 Å². The predicted molar refractivity (Wildman–Crippen MR) is 114 cm³/mol. The van der Waals surface area contributed by atoms with Crippen LogP contribution in [0.1, 0.15) is 18.4 Å². The molecule has 0 aliphatic heterocycles. The number of rotatable bonds is 7. The molecular formula is C21H24N4O4S. The smallest absolute Gasteiger partial charge is 0.246 e. The molecule has 9 heteroatoms. The van der Waals surface area contributed by atoms with Gasteiger partial charge in [-0.05, 0) is 26.0 Å². The van der Waals surface area contributed by atoms with Crippen molar-refractivity contribution < 1.29 is 17.7 Å². The van der Waals surface area contributed by atoms with Crippen LogP contribution in [0.3, 0.4) is 0 Å². The second kappa shape index (κ2) is 8.66. The number of amides is 1. The number of carbonyl (C=O) groups excluding carboxylic acids is 1. The summed E-state index contributed by atoms with van der Waals surface area (Å²) in [7, 11) is -2.10. The van der Waals surface area contributed by atoms with Gasteiger partial charge in [-0.25, -0.2) is 8.42 Å². The second-order valence-electron chi connectivity index (χ2n) is 7.14. The van der Waals surface area contributed by atoms with Gasteiger partial charge in [-0.15, -0.1) is 0 Å². The summed E-state index contributed by atoms with van der Waals surface area (Å²) in [6, 6.07) is 15.3. The first-order chi connectivity index (χ1) is 14.2. The Morgan fingerprint density at radius 3 is 2.33 bits per heavy atom. The minimum atomic E-state index is -3.67. The number of para-hydroxylation sites is 1. The highest BCUT2D eigenvalue weighted by Gasteiger charge is 2.31. The first-order valence-corrected chi connectivity index (χ1v) is 11.2. The van der Waals surface area contributed by atoms with E-state index in [2.05, 4.69) is 10.1 Å². The van der Waals surface area contributed by atoms with Crippen LogP contribution in [0.4, 0.5) is 5.69 Å². The number of aryl methyl sites for hydroxylation is 1. The summed E-state index contributed by atoms with van der Waals surface area (Å²) in [6.45, 7) is 3.61. The molecule has 8 nitrogen and oxygen atoms in total. The van der Waals surface area contributed by atoms with E-state index in [-0.39, 0.29) is 18.3 Å². The lowest BCUT2D eigenvalue weighted by molar-refractivity contribution is -0.131. The lowest BCUT2D eigenvalue weighted by atomic mass is 10.1. The Morgan fingerprint density at radius 2 is 1.73 bits per heavy atom. The molecular weight excluding hydrogens is 404 g/mol. The van der Waals surface area contributed by atoms with Crippen molar-refractivity contribution in [2.75, 3.05) is 17.6 Å². The van der Waals surface area contributed by atoms with Gasteiger partial charge in [0.15, 0.2) is 0 Å². The van der Waals surface area contributed by atoms with Crippen LogP contribution in [0.25, 0.3) is 11.4 Å². The lowest BCUT2D eigenvalue weighted by Gasteiger charge is -2.30. The van der Waals surface area contributed by atoms with Gasteiger partial charge < -0.3 is 9.42 Å². The zero-order chi connectivity index (χ0) is 21.9. The summed E-state index contributed by atoms with van der Waals surface area (Å²) in [5.74, 6) is 0.305. The fraction of sp³-hybridized carbons (Fsp3) is 0.286. The maximum Gasteiger partial charge on any atom is 0.246 e. The van der Waals surface area contributed by atoms with Gasteiger partial charge in [0, 0.05) is 12.6 Å². The van der Waals surface area contributed by atoms with E-state index in [0.29, 0.717) is 11.5 Å². The van der Waals surface area contributed by atoms with Crippen LogP contribution in [-0.2, 0) is 21.4 Å². The van der Waals surface area contributed by atoms with Crippen LogP contribution in [0, 0.1) is 6.92 Å². The zero-order valence-electron chi connectivity index (χ0n) is 17.3. The van der Waals surface area contributed by atoms with Gasteiger partial charge in [0.2, 0.25) is 27.6 Å². The number of sulfonamides is 1. The van der Waals surface area contributed by atoms with Gasteiger partial charge in [0.05, 0.1) is 18.5 Å². The van der Waals surface area contributed by atoms with E-state index in [0.717, 1.165) is 21.7 Å². The number of likely N-dealkylation sites (N-methyl/N-ethyl adjacent to an activating group) is 1. The normalized spacial score (nSPS) is 12.4. The largest absolute Gasteiger partial charge is 0.337 e. The summed E-state index contributed by atoms with van der Waals surface area (Å²) in [5, 5.41) is 3.96. The van der Waals surface area contributed by atoms with Crippen LogP contribution in [-0.4, -0.2) is 48.7 Å². The first kappa shape index (κ1) is 21.5. The lowest BCUT2D eigenvalue weighted by Crippen LogP contribution is -2.48. The van der Waals surface area contributed by atoms with E-state index in [9.17, 15) is 13.2 Å². The van der Waals surface area contributed by atoms with E-state index in [1.807, 2.05) is 31.2 Å². The second-order valence-corrected chi connectivity index (χ2v) is 9.00. The van der Waals surface area contributed by atoms with Crippen LogP contribution >= 0.6 is 0 Å². The number of nitrogens with zero attached hydrogens (tertiary/aromatic N) is 4. The molecule has 0 aliphatic rings. The van der Waals surface area contributed by atoms with Gasteiger partial charge in [-0.3, -0.25) is 9.10 Å². The number of hydrogen-bond donors (Lipinski definition) is 0. The maximum atomic E-state index is 13.0. The van der Waals surface area contributed by atoms with Crippen molar-refractivity contribution in [2.45, 2.75) is 26.4 Å². The van der Waals surface area contributed by atoms with Crippen molar-refractivity contribution in [2.24, 2.45) is 0 Å². The Hall–Kier alpha value is -3.20. The summed E-state index contributed by atoms with van der Waals surface area (Å²) in [5.41, 5.74) is 2.36. The monoisotopic (exact) mass is 428 g/mol. The van der Waals surface area contributed by atoms with E-state index in [1.54, 1.807) is 44.3 Å². The topological polar surface area (TPSA) is 96.6 Å². The molecule has 1 heterocycles. The highest BCUT2D eigenvalue weighted by Crippen LogP contribution is 2.22. The van der Waals surface area contributed by atoms with E-state index >= 15 is 0 Å². The van der Waals surface area contributed by atoms with Crippen LogP contribution in [0.2, 0.25) is 0 Å². The van der Waals surface area contributed by atoms with E-state index < -0.39 is 16.1 Å². The quantitative estimate of drug-likeness (QED) is 0.574. The first-order valence-electron chi connectivity index (χ1n) is 9.36. The van der Waals surface area contributed by atoms with Gasteiger partial charge in [-0.2, -0.15) is 4.98 Å². The summed E-state index contributed by atoms with van der Waals surface area (Å²) in [6.07, 6.45) is 1.08. The van der Waals surface area contributed by atoms with E-state index in [1.165, 1.54) is 4.90 Å². The molecule has 3 aromatic rings. The number of aromatic nitrogens is 2. The standard InChI is InChI=1S/C21H24N4O4S/c1-15-10-12-17(13-11-15)20-22-19(29-23-20)14-24(3)21(26)16(2)25(30(4,27)28)18-8-6-5-7-9-18/h5-13,16H,14H2,1-4H3/t16-/m0/s1. The third kappa shape index (κ3) is 4.85. The van der Waals surface area contributed by atoms with Gasteiger partial charge in [-0.1, -0.05) is 53.2 Å². The molecule has 0 N–H and O–H groups in total. The molecule has 0 unspecified atom stereocenters. The van der Waals surface area contributed by atoms with Crippen molar-refractivity contribution >= 4 is 21.6 Å². The molecule has 2 aromatic carbocycles. The molecule has 0 fully saturated rings. The fourth-order valence-corrected chi connectivity index (χ4v) is 4.29. The van der Waals surface area contributed by atoms with Gasteiger partial charge in [0.25, 0.3) is 0 Å². The minimum absolute atomic E-state index is 0.0639. The number of anilines is 1. The molecule has 0 spiro atoms. The number of hydrogen-bond acceptors (Lipinski definition) is 6.